The zero-order chi connectivity index (χ0) is 21.5. The van der Waals surface area contributed by atoms with Crippen LogP contribution < -0.4 is 11.1 Å². The summed E-state index contributed by atoms with van der Waals surface area (Å²) < 4.78 is 19.9. The first-order valence-electron chi connectivity index (χ1n) is 9.80. The SMILES string of the molecule is CC(=O)Nc1cccc(-c2cc(C(N)=O)c3[nH]cc(C4CCS(O)(O)CC4)c3c2)c1. The van der Waals surface area contributed by atoms with Crippen LogP contribution in [0.1, 0.15) is 41.6 Å². The predicted octanol–water partition coefficient (Wildman–Crippen LogP) is 4.52. The number of hydrogen-bond acceptors (Lipinski definition) is 4. The van der Waals surface area contributed by atoms with Gasteiger partial charge in [-0.05, 0) is 59.7 Å². The van der Waals surface area contributed by atoms with Crippen molar-refractivity contribution in [2.45, 2.75) is 25.7 Å². The lowest BCUT2D eigenvalue weighted by atomic mass is 9.91. The molecule has 1 aromatic heterocycles. The summed E-state index contributed by atoms with van der Waals surface area (Å²) in [5, 5.41) is 3.69. The van der Waals surface area contributed by atoms with E-state index in [9.17, 15) is 18.7 Å². The molecule has 1 aliphatic heterocycles. The minimum atomic E-state index is -2.47. The Morgan fingerprint density at radius 2 is 1.87 bits per heavy atom. The van der Waals surface area contributed by atoms with Crippen molar-refractivity contribution in [3.05, 3.63) is 53.7 Å². The van der Waals surface area contributed by atoms with Crippen LogP contribution in [0.25, 0.3) is 22.0 Å². The highest BCUT2D eigenvalue weighted by molar-refractivity contribution is 8.24. The van der Waals surface area contributed by atoms with Crippen molar-refractivity contribution in [2.75, 3.05) is 16.8 Å². The molecule has 0 radical (unpaired) electrons. The maximum Gasteiger partial charge on any atom is 0.250 e. The monoisotopic (exact) mass is 427 g/mol. The Kier molecular flexibility index (Phi) is 5.31. The maximum atomic E-state index is 12.2. The number of benzene rings is 2. The molecule has 2 amide bonds. The first kappa shape index (κ1) is 20.5. The van der Waals surface area contributed by atoms with Crippen LogP contribution >= 0.6 is 10.6 Å². The van der Waals surface area contributed by atoms with Crippen LogP contribution in [0, 0.1) is 0 Å². The molecule has 7 nitrogen and oxygen atoms in total. The van der Waals surface area contributed by atoms with Crippen molar-refractivity contribution in [2.24, 2.45) is 5.73 Å². The van der Waals surface area contributed by atoms with Gasteiger partial charge in [0.05, 0.1) is 11.1 Å². The van der Waals surface area contributed by atoms with Crippen LogP contribution in [-0.2, 0) is 4.79 Å². The van der Waals surface area contributed by atoms with E-state index in [2.05, 4.69) is 10.3 Å². The third kappa shape index (κ3) is 4.07. The second-order valence-corrected chi connectivity index (χ2v) is 10.2. The summed E-state index contributed by atoms with van der Waals surface area (Å²) in [5.41, 5.74) is 10.2. The first-order chi connectivity index (χ1) is 14.2. The van der Waals surface area contributed by atoms with Gasteiger partial charge < -0.3 is 16.0 Å². The Morgan fingerprint density at radius 1 is 1.13 bits per heavy atom. The normalized spacial score (nSPS) is 17.6. The summed E-state index contributed by atoms with van der Waals surface area (Å²) in [6.07, 6.45) is 3.27. The number of H-pyrrole nitrogens is 1. The van der Waals surface area contributed by atoms with Gasteiger partial charge in [0.2, 0.25) is 5.91 Å². The van der Waals surface area contributed by atoms with E-state index in [1.54, 1.807) is 12.1 Å². The number of carbonyl (C=O) groups excluding carboxylic acids is 2. The average Bonchev–Trinajstić information content (AvgIpc) is 3.11. The number of fused-ring (bicyclic) bond motifs is 1. The quantitative estimate of drug-likeness (QED) is 0.419. The molecule has 1 fully saturated rings. The topological polar surface area (TPSA) is 128 Å². The molecular weight excluding hydrogens is 402 g/mol. The van der Waals surface area contributed by atoms with Gasteiger partial charge in [-0.15, -0.1) is 0 Å². The van der Waals surface area contributed by atoms with E-state index in [0.717, 1.165) is 22.1 Å². The molecule has 3 aromatic rings. The molecule has 2 heterocycles. The zero-order valence-electron chi connectivity index (χ0n) is 16.6. The van der Waals surface area contributed by atoms with Crippen LogP contribution in [0.5, 0.6) is 0 Å². The fourth-order valence-electron chi connectivity index (χ4n) is 4.15. The van der Waals surface area contributed by atoms with E-state index in [1.165, 1.54) is 6.92 Å². The van der Waals surface area contributed by atoms with Crippen LogP contribution in [-0.4, -0.2) is 37.4 Å². The molecule has 4 rings (SSSR count). The largest absolute Gasteiger partial charge is 0.366 e. The molecule has 0 aliphatic carbocycles. The van der Waals surface area contributed by atoms with Gasteiger partial charge in [-0.25, -0.2) is 0 Å². The molecular formula is C22H25N3O4S. The van der Waals surface area contributed by atoms with Crippen molar-refractivity contribution >= 4 is 39.0 Å². The molecule has 30 heavy (non-hydrogen) atoms. The Balaban J connectivity index is 1.80. The molecule has 2 aromatic carbocycles. The van der Waals surface area contributed by atoms with E-state index < -0.39 is 16.5 Å². The summed E-state index contributed by atoms with van der Waals surface area (Å²) in [5.74, 6) is 0.291. The number of anilines is 1. The summed E-state index contributed by atoms with van der Waals surface area (Å²) in [6.45, 7) is 1.45. The molecule has 1 saturated heterocycles. The van der Waals surface area contributed by atoms with E-state index in [4.69, 9.17) is 5.73 Å². The van der Waals surface area contributed by atoms with Crippen LogP contribution in [0.15, 0.2) is 42.6 Å². The van der Waals surface area contributed by atoms with E-state index in [-0.39, 0.29) is 11.8 Å². The number of amides is 2. The average molecular weight is 428 g/mol. The van der Waals surface area contributed by atoms with Crippen molar-refractivity contribution in [3.8, 4) is 11.1 Å². The van der Waals surface area contributed by atoms with E-state index >= 15 is 0 Å². The summed E-state index contributed by atoms with van der Waals surface area (Å²) in [4.78, 5) is 26.8. The van der Waals surface area contributed by atoms with Gasteiger partial charge in [0.15, 0.2) is 0 Å². The number of carbonyl (C=O) groups is 2. The highest BCUT2D eigenvalue weighted by Crippen LogP contribution is 2.49. The number of nitrogens with one attached hydrogen (secondary N) is 2. The number of aromatic amines is 1. The predicted molar refractivity (Wildman–Crippen MR) is 121 cm³/mol. The molecule has 0 saturated carbocycles. The Morgan fingerprint density at radius 3 is 2.53 bits per heavy atom. The first-order valence-corrected chi connectivity index (χ1v) is 11.7. The molecule has 0 atom stereocenters. The second-order valence-electron chi connectivity index (χ2n) is 7.80. The summed E-state index contributed by atoms with van der Waals surface area (Å²) >= 11 is 0. The van der Waals surface area contributed by atoms with Gasteiger partial charge in [0, 0.05) is 35.7 Å². The number of hydrogen-bond donors (Lipinski definition) is 5. The molecule has 1 aliphatic rings. The standard InChI is InChI=1S/C22H25N3O4S/c1-13(26)25-17-4-2-3-15(9-17)16-10-18-20(14-5-7-30(28,29)8-6-14)12-24-21(18)19(11-16)22(23)27/h2-4,9-12,14,24,28-29H,5-8H2,1H3,(H2,23,27)(H,25,26). The van der Waals surface area contributed by atoms with Crippen molar-refractivity contribution in [1.29, 1.82) is 0 Å². The molecule has 0 spiro atoms. The molecule has 158 valence electrons. The lowest BCUT2D eigenvalue weighted by Gasteiger charge is -2.39. The summed E-state index contributed by atoms with van der Waals surface area (Å²) in [6, 6.07) is 11.2. The molecule has 0 unspecified atom stereocenters. The van der Waals surface area contributed by atoms with Crippen LogP contribution in [0.4, 0.5) is 5.69 Å². The Bertz CT molecular complexity index is 1130. The van der Waals surface area contributed by atoms with Crippen molar-refractivity contribution in [1.82, 2.24) is 4.98 Å². The van der Waals surface area contributed by atoms with Gasteiger partial charge in [-0.2, -0.15) is 10.6 Å². The highest BCUT2D eigenvalue weighted by atomic mass is 32.3. The third-order valence-electron chi connectivity index (χ3n) is 5.63. The van der Waals surface area contributed by atoms with Crippen LogP contribution in [0.2, 0.25) is 0 Å². The Hall–Kier alpha value is -2.81. The van der Waals surface area contributed by atoms with Gasteiger partial charge in [-0.3, -0.25) is 18.7 Å². The summed E-state index contributed by atoms with van der Waals surface area (Å²) in [7, 11) is -2.47. The number of nitrogens with two attached hydrogens (primary N) is 1. The Labute approximate surface area is 176 Å². The lowest BCUT2D eigenvalue weighted by molar-refractivity contribution is -0.114. The van der Waals surface area contributed by atoms with Crippen LogP contribution in [0.3, 0.4) is 0 Å². The van der Waals surface area contributed by atoms with E-state index in [1.807, 2.05) is 30.5 Å². The lowest BCUT2D eigenvalue weighted by Crippen LogP contribution is -2.19. The number of primary amides is 1. The number of aromatic nitrogens is 1. The highest BCUT2D eigenvalue weighted by Gasteiger charge is 2.27. The van der Waals surface area contributed by atoms with Gasteiger partial charge >= 0.3 is 0 Å². The maximum absolute atomic E-state index is 12.2. The smallest absolute Gasteiger partial charge is 0.250 e. The van der Waals surface area contributed by atoms with E-state index in [0.29, 0.717) is 41.1 Å². The second kappa shape index (κ2) is 7.79. The molecule has 8 heteroatoms. The fourth-order valence-corrected chi connectivity index (χ4v) is 5.68. The van der Waals surface area contributed by atoms with Crippen molar-refractivity contribution in [3.63, 3.8) is 0 Å². The zero-order valence-corrected chi connectivity index (χ0v) is 17.5. The van der Waals surface area contributed by atoms with Gasteiger partial charge in [0.25, 0.3) is 5.91 Å². The van der Waals surface area contributed by atoms with Gasteiger partial charge in [0.1, 0.15) is 0 Å². The fraction of sp³-hybridized carbons (Fsp3) is 0.273. The number of rotatable bonds is 4. The molecule has 0 bridgehead atoms. The minimum Gasteiger partial charge on any atom is -0.366 e. The minimum absolute atomic E-state index is 0.156. The van der Waals surface area contributed by atoms with Crippen molar-refractivity contribution < 1.29 is 18.7 Å². The third-order valence-corrected chi connectivity index (χ3v) is 7.41. The molecule has 6 N–H and O–H groups in total. The van der Waals surface area contributed by atoms with Gasteiger partial charge in [-0.1, -0.05) is 12.1 Å².